The Morgan fingerprint density at radius 3 is 1.79 bits per heavy atom. The molecule has 0 saturated heterocycles. The number of hydrogen-bond donors (Lipinski definition) is 4. The zero-order chi connectivity index (χ0) is 31.4. The molecule has 4 rings (SSSR count). The summed E-state index contributed by atoms with van der Waals surface area (Å²) in [6, 6.07) is 16.9. The van der Waals surface area contributed by atoms with E-state index in [0.717, 1.165) is 0 Å². The molecule has 2 aromatic heterocycles. The second-order valence-electron chi connectivity index (χ2n) is 10.1. The standard InChI is InChI=1S/C33H33FN6O3/c1-19(35)32(20(2)36)23-6-13-31(42)40(17-23)27-10-5-22(29(16-27)43-4)15-28(38)33(21(3)37)24-7-14-30(41)39(18-24)26-11-8-25(34)9-12-26/h5-14,16-18,35,37H,15,36,38H2,1-4H3/b32-20+,33-28+,35-19?,37-21?. The third-order valence-corrected chi connectivity index (χ3v) is 6.90. The summed E-state index contributed by atoms with van der Waals surface area (Å²) in [5.74, 6) is 0.0596. The summed E-state index contributed by atoms with van der Waals surface area (Å²) in [4.78, 5) is 25.4. The Hall–Kier alpha value is -5.51. The minimum Gasteiger partial charge on any atom is -0.496 e. The molecule has 2 heterocycles. The number of nitrogens with zero attached hydrogens (tertiary/aromatic N) is 2. The second kappa shape index (κ2) is 12.6. The predicted octanol–water partition coefficient (Wildman–Crippen LogP) is 4.82. The highest BCUT2D eigenvalue weighted by molar-refractivity contribution is 6.22. The van der Waals surface area contributed by atoms with Crippen LogP contribution < -0.4 is 27.3 Å². The van der Waals surface area contributed by atoms with Crippen LogP contribution in [0, 0.1) is 16.6 Å². The summed E-state index contributed by atoms with van der Waals surface area (Å²) in [5, 5.41) is 16.6. The largest absolute Gasteiger partial charge is 0.496 e. The number of allylic oxidation sites excluding steroid dienone is 4. The number of halogens is 1. The molecule has 43 heavy (non-hydrogen) atoms. The van der Waals surface area contributed by atoms with Crippen LogP contribution in [0.15, 0.2) is 100 Å². The van der Waals surface area contributed by atoms with Crippen molar-refractivity contribution in [3.63, 3.8) is 0 Å². The Morgan fingerprint density at radius 1 is 0.767 bits per heavy atom. The third kappa shape index (κ3) is 6.54. The second-order valence-corrected chi connectivity index (χ2v) is 10.1. The fraction of sp³-hybridized carbons (Fsp3) is 0.152. The van der Waals surface area contributed by atoms with Crippen LogP contribution in [0.25, 0.3) is 22.5 Å². The monoisotopic (exact) mass is 580 g/mol. The average molecular weight is 581 g/mol. The van der Waals surface area contributed by atoms with Crippen molar-refractivity contribution in [3.05, 3.63) is 134 Å². The van der Waals surface area contributed by atoms with E-state index in [1.807, 2.05) is 0 Å². The first-order chi connectivity index (χ1) is 20.4. The molecule has 6 N–H and O–H groups in total. The van der Waals surface area contributed by atoms with Gasteiger partial charge in [-0.05, 0) is 63.2 Å². The summed E-state index contributed by atoms with van der Waals surface area (Å²) in [7, 11) is 1.51. The van der Waals surface area contributed by atoms with Crippen molar-refractivity contribution >= 4 is 22.6 Å². The van der Waals surface area contributed by atoms with Crippen LogP contribution in [-0.4, -0.2) is 27.7 Å². The first-order valence-electron chi connectivity index (χ1n) is 13.4. The Bertz CT molecular complexity index is 1910. The van der Waals surface area contributed by atoms with E-state index in [4.69, 9.17) is 27.0 Å². The third-order valence-electron chi connectivity index (χ3n) is 6.90. The molecule has 4 aromatic rings. The molecule has 0 atom stereocenters. The van der Waals surface area contributed by atoms with Gasteiger partial charge in [-0.3, -0.25) is 18.7 Å². The molecule has 9 nitrogen and oxygen atoms in total. The van der Waals surface area contributed by atoms with Gasteiger partial charge >= 0.3 is 0 Å². The van der Waals surface area contributed by atoms with Gasteiger partial charge in [0.05, 0.1) is 12.8 Å². The highest BCUT2D eigenvalue weighted by Gasteiger charge is 2.16. The maximum absolute atomic E-state index is 13.5. The molecule has 2 aromatic carbocycles. The van der Waals surface area contributed by atoms with Gasteiger partial charge in [0, 0.05) is 93.4 Å². The van der Waals surface area contributed by atoms with E-state index in [2.05, 4.69) is 0 Å². The number of nitrogens with one attached hydrogen (secondary N) is 2. The fourth-order valence-electron chi connectivity index (χ4n) is 4.98. The minimum absolute atomic E-state index is 0.196. The molecule has 0 radical (unpaired) electrons. The van der Waals surface area contributed by atoms with Crippen molar-refractivity contribution in [1.82, 2.24) is 9.13 Å². The number of nitrogens with two attached hydrogens (primary N) is 2. The van der Waals surface area contributed by atoms with E-state index >= 15 is 0 Å². The number of rotatable bonds is 9. The lowest BCUT2D eigenvalue weighted by Crippen LogP contribution is -2.19. The number of pyridine rings is 2. The molecule has 10 heteroatoms. The van der Waals surface area contributed by atoms with E-state index in [1.54, 1.807) is 63.5 Å². The molecule has 0 fully saturated rings. The number of hydrogen-bond acceptors (Lipinski definition) is 7. The summed E-state index contributed by atoms with van der Waals surface area (Å²) in [6.07, 6.45) is 3.44. The van der Waals surface area contributed by atoms with Gasteiger partial charge < -0.3 is 27.0 Å². The highest BCUT2D eigenvalue weighted by Crippen LogP contribution is 2.27. The Kier molecular flexibility index (Phi) is 8.89. The van der Waals surface area contributed by atoms with Crippen molar-refractivity contribution < 1.29 is 9.13 Å². The van der Waals surface area contributed by atoms with Crippen LogP contribution in [0.4, 0.5) is 4.39 Å². The number of benzene rings is 2. The molecule has 0 aliphatic rings. The van der Waals surface area contributed by atoms with Gasteiger partial charge in [0.25, 0.3) is 11.1 Å². The van der Waals surface area contributed by atoms with Gasteiger partial charge in [0.15, 0.2) is 0 Å². The van der Waals surface area contributed by atoms with E-state index < -0.39 is 5.82 Å². The van der Waals surface area contributed by atoms with Crippen molar-refractivity contribution in [1.29, 1.82) is 10.8 Å². The lowest BCUT2D eigenvalue weighted by Gasteiger charge is -2.17. The Balaban J connectivity index is 1.75. The number of ether oxygens (including phenoxy) is 1. The van der Waals surface area contributed by atoms with E-state index in [-0.39, 0.29) is 29.0 Å². The van der Waals surface area contributed by atoms with Gasteiger partial charge in [0.1, 0.15) is 11.6 Å². The maximum atomic E-state index is 13.5. The average Bonchev–Trinajstić information content (AvgIpc) is 2.95. The van der Waals surface area contributed by atoms with Crippen molar-refractivity contribution in [3.8, 4) is 17.1 Å². The van der Waals surface area contributed by atoms with E-state index in [0.29, 0.717) is 56.4 Å². The number of methoxy groups -OCH3 is 1. The zero-order valence-corrected chi connectivity index (χ0v) is 24.4. The quantitative estimate of drug-likeness (QED) is 0.209. The molecule has 0 aliphatic heterocycles. The van der Waals surface area contributed by atoms with E-state index in [1.165, 1.54) is 52.6 Å². The van der Waals surface area contributed by atoms with Gasteiger partial charge in [0.2, 0.25) is 0 Å². The molecule has 0 bridgehead atoms. The first-order valence-corrected chi connectivity index (χ1v) is 13.4. The minimum atomic E-state index is -0.417. The van der Waals surface area contributed by atoms with Crippen LogP contribution in [0.3, 0.4) is 0 Å². The topological polar surface area (TPSA) is 153 Å². The highest BCUT2D eigenvalue weighted by atomic mass is 19.1. The summed E-state index contributed by atoms with van der Waals surface area (Å²) >= 11 is 0. The van der Waals surface area contributed by atoms with Gasteiger partial charge in [-0.25, -0.2) is 4.39 Å². The van der Waals surface area contributed by atoms with Crippen molar-refractivity contribution in [2.24, 2.45) is 11.5 Å². The molecular formula is C33H33FN6O3. The normalized spacial score (nSPS) is 12.3. The van der Waals surface area contributed by atoms with Gasteiger partial charge in [-0.1, -0.05) is 6.07 Å². The zero-order valence-electron chi connectivity index (χ0n) is 24.4. The van der Waals surface area contributed by atoms with Gasteiger partial charge in [-0.2, -0.15) is 0 Å². The van der Waals surface area contributed by atoms with Crippen LogP contribution >= 0.6 is 0 Å². The Morgan fingerprint density at radius 2 is 1.28 bits per heavy atom. The molecular weight excluding hydrogens is 547 g/mol. The van der Waals surface area contributed by atoms with Crippen molar-refractivity contribution in [2.45, 2.75) is 27.2 Å². The lowest BCUT2D eigenvalue weighted by molar-refractivity contribution is 0.410. The lowest BCUT2D eigenvalue weighted by atomic mass is 9.97. The molecule has 220 valence electrons. The van der Waals surface area contributed by atoms with Crippen LogP contribution in [0.2, 0.25) is 0 Å². The number of aromatic nitrogens is 2. The summed E-state index contributed by atoms with van der Waals surface area (Å²) in [6.45, 7) is 4.95. The van der Waals surface area contributed by atoms with E-state index in [9.17, 15) is 14.0 Å². The van der Waals surface area contributed by atoms with Crippen LogP contribution in [0.5, 0.6) is 5.75 Å². The van der Waals surface area contributed by atoms with Crippen LogP contribution in [0.1, 0.15) is 37.5 Å². The summed E-state index contributed by atoms with van der Waals surface area (Å²) in [5.41, 5.74) is 17.3. The maximum Gasteiger partial charge on any atom is 0.255 e. The Labute approximate surface area is 248 Å². The molecule has 0 aliphatic carbocycles. The van der Waals surface area contributed by atoms with Crippen molar-refractivity contribution in [2.75, 3.05) is 7.11 Å². The SMILES string of the molecule is COc1cc(-n2cc(/C(C(C)=N)=C(\C)N)ccc2=O)ccc1C/C(N)=C(/C(C)=N)c1ccc(=O)n(-c2ccc(F)cc2)c1. The molecule has 0 spiro atoms. The predicted molar refractivity (Wildman–Crippen MR) is 169 cm³/mol. The molecule has 0 unspecified atom stereocenters. The van der Waals surface area contributed by atoms with Gasteiger partial charge in [-0.15, -0.1) is 0 Å². The molecule has 0 saturated carbocycles. The fourth-order valence-corrected chi connectivity index (χ4v) is 4.98. The van der Waals surface area contributed by atoms with Crippen LogP contribution in [-0.2, 0) is 6.42 Å². The molecule has 0 amide bonds. The smallest absolute Gasteiger partial charge is 0.255 e. The summed E-state index contributed by atoms with van der Waals surface area (Å²) < 4.78 is 22.0. The first kappa shape index (κ1) is 30.4.